The van der Waals surface area contributed by atoms with Gasteiger partial charge in [0.15, 0.2) is 0 Å². The molecule has 2 unspecified atom stereocenters. The summed E-state index contributed by atoms with van der Waals surface area (Å²) in [7, 11) is 0. The molecule has 1 N–H and O–H groups in total. The van der Waals surface area contributed by atoms with E-state index in [1.807, 2.05) is 0 Å². The highest BCUT2D eigenvalue weighted by Gasteiger charge is 2.27. The van der Waals surface area contributed by atoms with Gasteiger partial charge < -0.3 is 10.2 Å². The molecule has 0 radical (unpaired) electrons. The quantitative estimate of drug-likeness (QED) is 0.813. The SMILES string of the molecule is CCC(C)(CNC(C)(C)C)CN1CCCC(C)CC1. The first kappa shape index (κ1) is 17.0. The molecule has 0 aromatic carbocycles. The molecule has 2 nitrogen and oxygen atoms in total. The topological polar surface area (TPSA) is 15.3 Å². The van der Waals surface area contributed by atoms with Crippen LogP contribution in [-0.4, -0.2) is 36.6 Å². The summed E-state index contributed by atoms with van der Waals surface area (Å²) in [6.07, 6.45) is 5.43. The van der Waals surface area contributed by atoms with Gasteiger partial charge >= 0.3 is 0 Å². The lowest BCUT2D eigenvalue weighted by atomic mass is 9.85. The van der Waals surface area contributed by atoms with Gasteiger partial charge in [0.1, 0.15) is 0 Å². The van der Waals surface area contributed by atoms with Crippen LogP contribution in [0.2, 0.25) is 0 Å². The molecule has 0 aliphatic carbocycles. The van der Waals surface area contributed by atoms with Crippen molar-refractivity contribution in [1.82, 2.24) is 10.2 Å². The van der Waals surface area contributed by atoms with E-state index in [-0.39, 0.29) is 5.54 Å². The molecule has 1 aliphatic rings. The minimum Gasteiger partial charge on any atom is -0.311 e. The van der Waals surface area contributed by atoms with E-state index in [0.717, 1.165) is 12.5 Å². The zero-order chi connectivity index (χ0) is 14.5. The van der Waals surface area contributed by atoms with Gasteiger partial charge in [-0.25, -0.2) is 0 Å². The molecule has 1 aliphatic heterocycles. The van der Waals surface area contributed by atoms with Gasteiger partial charge in [0.05, 0.1) is 0 Å². The van der Waals surface area contributed by atoms with E-state index in [9.17, 15) is 0 Å². The van der Waals surface area contributed by atoms with Crippen LogP contribution in [0.15, 0.2) is 0 Å². The largest absolute Gasteiger partial charge is 0.311 e. The van der Waals surface area contributed by atoms with Crippen LogP contribution in [0.5, 0.6) is 0 Å². The molecule has 114 valence electrons. The van der Waals surface area contributed by atoms with E-state index in [4.69, 9.17) is 0 Å². The molecule has 2 atom stereocenters. The molecule has 0 aromatic heterocycles. The summed E-state index contributed by atoms with van der Waals surface area (Å²) in [5.74, 6) is 0.922. The van der Waals surface area contributed by atoms with Gasteiger partial charge in [-0.3, -0.25) is 0 Å². The van der Waals surface area contributed by atoms with Gasteiger partial charge in [-0.15, -0.1) is 0 Å². The molecule has 0 amide bonds. The van der Waals surface area contributed by atoms with Crippen molar-refractivity contribution in [2.75, 3.05) is 26.2 Å². The number of rotatable bonds is 5. The highest BCUT2D eigenvalue weighted by molar-refractivity contribution is 4.84. The summed E-state index contributed by atoms with van der Waals surface area (Å²) >= 11 is 0. The highest BCUT2D eigenvalue weighted by Crippen LogP contribution is 2.25. The lowest BCUT2D eigenvalue weighted by molar-refractivity contribution is 0.149. The molecule has 0 aromatic rings. The van der Waals surface area contributed by atoms with Crippen molar-refractivity contribution in [2.24, 2.45) is 11.3 Å². The fraction of sp³-hybridized carbons (Fsp3) is 1.00. The second-order valence-corrected chi connectivity index (χ2v) is 8.08. The first-order valence-corrected chi connectivity index (χ1v) is 8.21. The Balaban J connectivity index is 2.49. The van der Waals surface area contributed by atoms with Crippen LogP contribution in [0.4, 0.5) is 0 Å². The van der Waals surface area contributed by atoms with E-state index in [0.29, 0.717) is 5.41 Å². The van der Waals surface area contributed by atoms with Crippen LogP contribution in [-0.2, 0) is 0 Å². The molecule has 0 saturated carbocycles. The Morgan fingerprint density at radius 3 is 2.37 bits per heavy atom. The van der Waals surface area contributed by atoms with Gasteiger partial charge in [-0.2, -0.15) is 0 Å². The molecule has 0 spiro atoms. The molecule has 0 bridgehead atoms. The van der Waals surface area contributed by atoms with Gasteiger partial charge in [-0.1, -0.05) is 20.8 Å². The van der Waals surface area contributed by atoms with Gasteiger partial charge in [0.25, 0.3) is 0 Å². The van der Waals surface area contributed by atoms with Gasteiger partial charge in [0, 0.05) is 18.6 Å². The molecule has 1 fully saturated rings. The summed E-state index contributed by atoms with van der Waals surface area (Å²) < 4.78 is 0. The standard InChI is InChI=1S/C17H36N2/c1-7-17(6,13-18-16(3,4)5)14-19-11-8-9-15(2)10-12-19/h15,18H,7-14H2,1-6H3. The Kier molecular flexibility index (Phi) is 6.32. The molecule has 1 saturated heterocycles. The Bertz CT molecular complexity index is 256. The van der Waals surface area contributed by atoms with Gasteiger partial charge in [-0.05, 0) is 70.9 Å². The maximum absolute atomic E-state index is 3.70. The van der Waals surface area contributed by atoms with Gasteiger partial charge in [0.2, 0.25) is 0 Å². The molecule has 1 heterocycles. The van der Waals surface area contributed by atoms with Crippen LogP contribution in [0, 0.1) is 11.3 Å². The average molecular weight is 268 g/mol. The summed E-state index contributed by atoms with van der Waals surface area (Å²) in [6, 6.07) is 0. The van der Waals surface area contributed by atoms with Crippen molar-refractivity contribution in [2.45, 2.75) is 72.8 Å². The van der Waals surface area contributed by atoms with Crippen LogP contribution in [0.3, 0.4) is 0 Å². The third-order valence-electron chi connectivity index (χ3n) is 4.61. The van der Waals surface area contributed by atoms with Crippen molar-refractivity contribution in [3.8, 4) is 0 Å². The predicted octanol–water partition coefficient (Wildman–Crippen LogP) is 3.91. The van der Waals surface area contributed by atoms with Crippen LogP contribution >= 0.6 is 0 Å². The molecule has 19 heavy (non-hydrogen) atoms. The second-order valence-electron chi connectivity index (χ2n) is 8.08. The number of nitrogens with zero attached hydrogens (tertiary/aromatic N) is 1. The third-order valence-corrected chi connectivity index (χ3v) is 4.61. The second kappa shape index (κ2) is 7.08. The molecular weight excluding hydrogens is 232 g/mol. The maximum atomic E-state index is 3.70. The summed E-state index contributed by atoms with van der Waals surface area (Å²) in [4.78, 5) is 2.71. The van der Waals surface area contributed by atoms with E-state index in [2.05, 4.69) is 51.8 Å². The minimum absolute atomic E-state index is 0.226. The third kappa shape index (κ3) is 6.76. The van der Waals surface area contributed by atoms with E-state index < -0.39 is 0 Å². The number of nitrogens with one attached hydrogen (secondary N) is 1. The van der Waals surface area contributed by atoms with Crippen molar-refractivity contribution < 1.29 is 0 Å². The van der Waals surface area contributed by atoms with Crippen molar-refractivity contribution in [1.29, 1.82) is 0 Å². The van der Waals surface area contributed by atoms with E-state index in [1.54, 1.807) is 0 Å². The fourth-order valence-corrected chi connectivity index (χ4v) is 2.79. The molecule has 2 heteroatoms. The lowest BCUT2D eigenvalue weighted by Crippen LogP contribution is -2.47. The average Bonchev–Trinajstić information content (AvgIpc) is 2.51. The first-order valence-electron chi connectivity index (χ1n) is 8.21. The van der Waals surface area contributed by atoms with E-state index in [1.165, 1.54) is 45.3 Å². The maximum Gasteiger partial charge on any atom is 0.00967 e. The minimum atomic E-state index is 0.226. The first-order chi connectivity index (χ1) is 8.74. The Morgan fingerprint density at radius 2 is 1.79 bits per heavy atom. The van der Waals surface area contributed by atoms with Crippen molar-refractivity contribution >= 4 is 0 Å². The number of hydrogen-bond donors (Lipinski definition) is 1. The van der Waals surface area contributed by atoms with Crippen molar-refractivity contribution in [3.05, 3.63) is 0 Å². The number of hydrogen-bond acceptors (Lipinski definition) is 2. The Morgan fingerprint density at radius 1 is 1.11 bits per heavy atom. The number of likely N-dealkylation sites (tertiary alicyclic amines) is 1. The summed E-state index contributed by atoms with van der Waals surface area (Å²) in [5, 5.41) is 3.70. The molecule has 1 rings (SSSR count). The zero-order valence-electron chi connectivity index (χ0n) is 14.2. The normalized spacial score (nSPS) is 25.9. The monoisotopic (exact) mass is 268 g/mol. The Hall–Kier alpha value is -0.0800. The smallest absolute Gasteiger partial charge is 0.00967 e. The highest BCUT2D eigenvalue weighted by atomic mass is 15.1. The summed E-state index contributed by atoms with van der Waals surface area (Å²) in [5.41, 5.74) is 0.630. The van der Waals surface area contributed by atoms with Crippen molar-refractivity contribution in [3.63, 3.8) is 0 Å². The van der Waals surface area contributed by atoms with E-state index >= 15 is 0 Å². The summed E-state index contributed by atoms with van der Waals surface area (Å²) in [6.45, 7) is 18.9. The zero-order valence-corrected chi connectivity index (χ0v) is 14.2. The van der Waals surface area contributed by atoms with Crippen LogP contribution in [0.1, 0.15) is 67.2 Å². The fourth-order valence-electron chi connectivity index (χ4n) is 2.79. The lowest BCUT2D eigenvalue weighted by Gasteiger charge is -2.37. The van der Waals surface area contributed by atoms with Crippen LogP contribution < -0.4 is 5.32 Å². The predicted molar refractivity (Wildman–Crippen MR) is 85.6 cm³/mol. The Labute approximate surface area is 121 Å². The van der Waals surface area contributed by atoms with Crippen LogP contribution in [0.25, 0.3) is 0 Å². The molecular formula is C17H36N2.